The molecule has 0 atom stereocenters. The molecule has 0 bridgehead atoms. The minimum absolute atomic E-state index is 0.0581. The lowest BCUT2D eigenvalue weighted by Gasteiger charge is -2.26. The Morgan fingerprint density at radius 1 is 0.974 bits per heavy atom. The summed E-state index contributed by atoms with van der Waals surface area (Å²) in [5.41, 5.74) is 7.08. The maximum absolute atomic E-state index is 12.2. The first-order valence-corrected chi connectivity index (χ1v) is 13.9. The van der Waals surface area contributed by atoms with Crippen LogP contribution in [0, 0.1) is 11.8 Å². The van der Waals surface area contributed by atoms with Gasteiger partial charge in [-0.1, -0.05) is 38.0 Å². The van der Waals surface area contributed by atoms with Gasteiger partial charge in [-0.3, -0.25) is 4.79 Å². The number of rotatable bonds is 18. The number of hydrogen-bond donors (Lipinski definition) is 5. The summed E-state index contributed by atoms with van der Waals surface area (Å²) in [5, 5.41) is 12.7. The molecule has 0 aliphatic heterocycles. The molecule has 1 saturated carbocycles. The summed E-state index contributed by atoms with van der Waals surface area (Å²) in [6.45, 7) is 10.4. The Morgan fingerprint density at radius 3 is 2.33 bits per heavy atom. The molecule has 0 spiro atoms. The van der Waals surface area contributed by atoms with Crippen LogP contribution < -0.4 is 27.0 Å². The van der Waals surface area contributed by atoms with Gasteiger partial charge in [-0.25, -0.2) is 0 Å². The number of nitrogens with two attached hydrogens (primary N) is 1. The van der Waals surface area contributed by atoms with Crippen molar-refractivity contribution in [3.63, 3.8) is 0 Å². The first-order valence-electron chi connectivity index (χ1n) is 13.9. The Labute approximate surface area is 231 Å². The maximum atomic E-state index is 12.2. The number of carbonyl (C=O) groups excluding carboxylic acids is 1. The molecule has 2 aromatic rings. The highest BCUT2D eigenvalue weighted by atomic mass is 16.5. The predicted molar refractivity (Wildman–Crippen MR) is 155 cm³/mol. The molecule has 1 amide bonds. The van der Waals surface area contributed by atoms with Crippen molar-refractivity contribution in [1.29, 1.82) is 0 Å². The van der Waals surface area contributed by atoms with Gasteiger partial charge in [0.25, 0.3) is 0 Å². The van der Waals surface area contributed by atoms with Crippen LogP contribution in [-0.2, 0) is 20.7 Å². The molecule has 6 N–H and O–H groups in total. The highest BCUT2D eigenvalue weighted by molar-refractivity contribution is 5.78. The van der Waals surface area contributed by atoms with E-state index in [4.69, 9.17) is 15.2 Å². The summed E-state index contributed by atoms with van der Waals surface area (Å²) in [6, 6.07) is 7.64. The average molecular weight is 541 g/mol. The number of ether oxygens (including phenoxy) is 2. The van der Waals surface area contributed by atoms with E-state index in [1.807, 2.05) is 24.3 Å². The van der Waals surface area contributed by atoms with E-state index in [2.05, 4.69) is 49.7 Å². The molecule has 1 aromatic carbocycles. The minimum atomic E-state index is -0.0581. The van der Waals surface area contributed by atoms with Crippen molar-refractivity contribution >= 4 is 29.4 Å². The topological polar surface area (TPSA) is 148 Å². The summed E-state index contributed by atoms with van der Waals surface area (Å²) < 4.78 is 10.7. The van der Waals surface area contributed by atoms with Crippen molar-refractivity contribution in [3.8, 4) is 0 Å². The van der Waals surface area contributed by atoms with E-state index in [1.54, 1.807) is 6.08 Å². The summed E-state index contributed by atoms with van der Waals surface area (Å²) in [6.07, 6.45) is 7.06. The minimum Gasteiger partial charge on any atom is -0.378 e. The fraction of sp³-hybridized carbons (Fsp3) is 0.571. The third-order valence-corrected chi connectivity index (χ3v) is 6.50. The van der Waals surface area contributed by atoms with Crippen molar-refractivity contribution in [2.75, 3.05) is 68.6 Å². The van der Waals surface area contributed by atoms with Gasteiger partial charge in [0.2, 0.25) is 23.8 Å². The fourth-order valence-electron chi connectivity index (χ4n) is 4.27. The van der Waals surface area contributed by atoms with Crippen LogP contribution in [0.4, 0.5) is 23.5 Å². The van der Waals surface area contributed by atoms with Crippen LogP contribution in [0.1, 0.15) is 38.2 Å². The molecule has 11 heteroatoms. The van der Waals surface area contributed by atoms with E-state index < -0.39 is 0 Å². The highest BCUT2D eigenvalue weighted by Crippen LogP contribution is 2.28. The third-order valence-electron chi connectivity index (χ3n) is 6.50. The highest BCUT2D eigenvalue weighted by Gasteiger charge is 2.18. The number of aromatic nitrogens is 3. The molecular weight excluding hydrogens is 496 g/mol. The number of carbonyl (C=O) groups is 1. The molecule has 1 aromatic heterocycles. The quantitative estimate of drug-likeness (QED) is 0.141. The number of nitrogens with zero attached hydrogens (tertiary/aromatic N) is 3. The lowest BCUT2D eigenvalue weighted by atomic mass is 9.83. The Kier molecular flexibility index (Phi) is 13.5. The van der Waals surface area contributed by atoms with Crippen LogP contribution in [0.2, 0.25) is 0 Å². The van der Waals surface area contributed by atoms with Gasteiger partial charge in [0.1, 0.15) is 0 Å². The van der Waals surface area contributed by atoms with E-state index in [9.17, 15) is 4.79 Å². The first kappa shape index (κ1) is 30.3. The number of nitrogens with one attached hydrogen (secondary N) is 4. The van der Waals surface area contributed by atoms with Gasteiger partial charge >= 0.3 is 0 Å². The molecule has 1 aliphatic carbocycles. The van der Waals surface area contributed by atoms with E-state index in [0.29, 0.717) is 69.8 Å². The Bertz CT molecular complexity index is 997. The number of hydrogen-bond acceptors (Lipinski definition) is 10. The van der Waals surface area contributed by atoms with Crippen LogP contribution in [0.3, 0.4) is 0 Å². The summed E-state index contributed by atoms with van der Waals surface area (Å²) >= 11 is 0. The molecule has 1 fully saturated rings. The van der Waals surface area contributed by atoms with Gasteiger partial charge in [0, 0.05) is 31.9 Å². The van der Waals surface area contributed by atoms with Crippen molar-refractivity contribution in [3.05, 3.63) is 42.5 Å². The average Bonchev–Trinajstić information content (AvgIpc) is 2.94. The zero-order chi connectivity index (χ0) is 27.7. The lowest BCUT2D eigenvalue weighted by molar-refractivity contribution is -0.120. The van der Waals surface area contributed by atoms with Gasteiger partial charge in [0.15, 0.2) is 0 Å². The Balaban J connectivity index is 1.47. The SMILES string of the molecule is C=CCNc1nc(NCC2CCC(C)CC2)nc(Nc2ccc(CC(=O)NCCOCCOCCN)cc2)n1. The summed E-state index contributed by atoms with van der Waals surface area (Å²) in [7, 11) is 0. The Hall–Kier alpha value is -3.28. The van der Waals surface area contributed by atoms with Crippen molar-refractivity contribution in [2.45, 2.75) is 39.0 Å². The molecular formula is C28H44N8O3. The normalized spacial score (nSPS) is 16.9. The van der Waals surface area contributed by atoms with E-state index in [1.165, 1.54) is 25.7 Å². The molecule has 11 nitrogen and oxygen atoms in total. The van der Waals surface area contributed by atoms with Crippen LogP contribution >= 0.6 is 0 Å². The molecule has 1 aliphatic rings. The van der Waals surface area contributed by atoms with Crippen molar-refractivity contribution < 1.29 is 14.3 Å². The van der Waals surface area contributed by atoms with Gasteiger partial charge in [-0.15, -0.1) is 6.58 Å². The van der Waals surface area contributed by atoms with Crippen molar-refractivity contribution in [2.24, 2.45) is 17.6 Å². The largest absolute Gasteiger partial charge is 0.378 e. The first-order chi connectivity index (χ1) is 19.1. The molecule has 0 unspecified atom stereocenters. The van der Waals surface area contributed by atoms with E-state index in [0.717, 1.165) is 23.7 Å². The zero-order valence-electron chi connectivity index (χ0n) is 23.1. The molecule has 1 heterocycles. The molecule has 0 saturated heterocycles. The zero-order valence-corrected chi connectivity index (χ0v) is 23.1. The smallest absolute Gasteiger partial charge is 0.233 e. The van der Waals surface area contributed by atoms with Gasteiger partial charge in [0.05, 0.1) is 32.8 Å². The second-order valence-corrected chi connectivity index (χ2v) is 9.84. The standard InChI is InChI=1S/C28H44N8O3/c1-3-13-31-26-34-27(32-20-23-6-4-21(2)5-7-23)36-28(35-26)33-24-10-8-22(9-11-24)19-25(37)30-14-16-39-18-17-38-15-12-29/h3,8-11,21,23H,1,4-7,12-20,29H2,2H3,(H,30,37)(H3,31,32,33,34,35,36). The second-order valence-electron chi connectivity index (χ2n) is 9.84. The summed E-state index contributed by atoms with van der Waals surface area (Å²) in [5.74, 6) is 2.86. The van der Waals surface area contributed by atoms with Crippen LogP contribution in [0.5, 0.6) is 0 Å². The van der Waals surface area contributed by atoms with Gasteiger partial charge < -0.3 is 36.5 Å². The van der Waals surface area contributed by atoms with E-state index >= 15 is 0 Å². The lowest BCUT2D eigenvalue weighted by Crippen LogP contribution is -2.29. The van der Waals surface area contributed by atoms with Gasteiger partial charge in [-0.05, 0) is 42.4 Å². The monoisotopic (exact) mass is 540 g/mol. The third kappa shape index (κ3) is 12.0. The number of benzene rings is 1. The van der Waals surface area contributed by atoms with Crippen LogP contribution in [-0.4, -0.2) is 73.5 Å². The fourth-order valence-corrected chi connectivity index (χ4v) is 4.27. The molecule has 3 rings (SSSR count). The molecule has 0 radical (unpaired) electrons. The number of amides is 1. The maximum Gasteiger partial charge on any atom is 0.233 e. The second kappa shape index (κ2) is 17.3. The Morgan fingerprint density at radius 2 is 1.64 bits per heavy atom. The van der Waals surface area contributed by atoms with Crippen molar-refractivity contribution in [1.82, 2.24) is 20.3 Å². The van der Waals surface area contributed by atoms with E-state index in [-0.39, 0.29) is 12.3 Å². The van der Waals surface area contributed by atoms with Gasteiger partial charge in [-0.2, -0.15) is 15.0 Å². The molecule has 39 heavy (non-hydrogen) atoms. The number of anilines is 4. The van der Waals surface area contributed by atoms with Crippen LogP contribution in [0.15, 0.2) is 36.9 Å². The predicted octanol–water partition coefficient (Wildman–Crippen LogP) is 3.10. The van der Waals surface area contributed by atoms with Crippen LogP contribution in [0.25, 0.3) is 0 Å². The summed E-state index contributed by atoms with van der Waals surface area (Å²) in [4.78, 5) is 25.8. The molecule has 214 valence electrons.